The molecule has 2 aromatic rings. The van der Waals surface area contributed by atoms with Gasteiger partial charge >= 0.3 is 5.76 Å². The number of rotatable bonds is 4. The number of nitrogens with one attached hydrogen (secondary N) is 1. The summed E-state index contributed by atoms with van der Waals surface area (Å²) in [6.45, 7) is 1.18. The fraction of sp³-hybridized carbons (Fsp3) is 0.400. The van der Waals surface area contributed by atoms with E-state index in [1.807, 2.05) is 4.90 Å². The molecule has 0 aliphatic carbocycles. The number of halogens is 2. The van der Waals surface area contributed by atoms with Crippen molar-refractivity contribution < 1.29 is 17.2 Å². The molecule has 1 aromatic heterocycles. The summed E-state index contributed by atoms with van der Waals surface area (Å²) in [4.78, 5) is 8.86. The van der Waals surface area contributed by atoms with Gasteiger partial charge in [0.05, 0.1) is 10.6 Å². The molecule has 0 radical (unpaired) electrons. The lowest BCUT2D eigenvalue weighted by Crippen LogP contribution is -2.35. The number of aromatic nitrogens is 2. The Balaban J connectivity index is 1.93. The van der Waals surface area contributed by atoms with E-state index in [0.29, 0.717) is 18.8 Å². The number of aromatic amines is 1. The lowest BCUT2D eigenvalue weighted by molar-refractivity contribution is 0.234. The molecule has 2 heterocycles. The zero-order chi connectivity index (χ0) is 16.4. The van der Waals surface area contributed by atoms with Crippen LogP contribution in [-0.2, 0) is 9.84 Å². The summed E-state index contributed by atoms with van der Waals surface area (Å²) in [6.07, 6.45) is 5.18. The highest BCUT2D eigenvalue weighted by Gasteiger charge is 2.32. The highest BCUT2D eigenvalue weighted by atomic mass is 32.2. The van der Waals surface area contributed by atoms with Gasteiger partial charge in [-0.05, 0) is 25.0 Å². The monoisotopic (exact) mass is 341 g/mol. The molecule has 23 heavy (non-hydrogen) atoms. The molecule has 0 bridgehead atoms. The summed E-state index contributed by atoms with van der Waals surface area (Å²) in [5.74, 6) is -2.46. The minimum Gasteiger partial charge on any atom is -0.370 e. The molecule has 0 amide bonds. The van der Waals surface area contributed by atoms with E-state index >= 15 is 0 Å². The number of hydrogen-bond donors (Lipinski definition) is 1. The number of piperidine rings is 1. The van der Waals surface area contributed by atoms with Gasteiger partial charge in [0.1, 0.15) is 5.82 Å². The lowest BCUT2D eigenvalue weighted by atomic mass is 9.97. The van der Waals surface area contributed by atoms with Gasteiger partial charge < -0.3 is 9.88 Å². The Morgan fingerprint density at radius 3 is 2.78 bits per heavy atom. The van der Waals surface area contributed by atoms with Crippen molar-refractivity contribution in [1.29, 1.82) is 0 Å². The van der Waals surface area contributed by atoms with Gasteiger partial charge in [-0.1, -0.05) is 12.1 Å². The second kappa shape index (κ2) is 6.27. The summed E-state index contributed by atoms with van der Waals surface area (Å²) in [5, 5.41) is 0. The van der Waals surface area contributed by atoms with Gasteiger partial charge in [0.2, 0.25) is 9.84 Å². The number of alkyl halides is 2. The average molecular weight is 341 g/mol. The predicted molar refractivity (Wildman–Crippen MR) is 82.4 cm³/mol. The first-order valence-corrected chi connectivity index (χ1v) is 8.90. The summed E-state index contributed by atoms with van der Waals surface area (Å²) in [5.41, 5.74) is 0.337. The summed E-state index contributed by atoms with van der Waals surface area (Å²) >= 11 is 0. The van der Waals surface area contributed by atoms with Crippen LogP contribution in [0.5, 0.6) is 0 Å². The number of imidazole rings is 1. The van der Waals surface area contributed by atoms with Crippen LogP contribution in [0.25, 0.3) is 0 Å². The quantitative estimate of drug-likeness (QED) is 0.929. The van der Waals surface area contributed by atoms with Crippen LogP contribution in [0.4, 0.5) is 14.5 Å². The molecule has 124 valence electrons. The van der Waals surface area contributed by atoms with Crippen molar-refractivity contribution in [3.8, 4) is 0 Å². The summed E-state index contributed by atoms with van der Waals surface area (Å²) < 4.78 is 49.7. The van der Waals surface area contributed by atoms with E-state index in [1.165, 1.54) is 12.1 Å². The molecule has 1 atom stereocenters. The highest BCUT2D eigenvalue weighted by Crippen LogP contribution is 2.33. The topological polar surface area (TPSA) is 66.1 Å². The molecule has 0 saturated carbocycles. The first kappa shape index (κ1) is 15.9. The van der Waals surface area contributed by atoms with Crippen molar-refractivity contribution in [2.45, 2.75) is 29.4 Å². The van der Waals surface area contributed by atoms with Crippen molar-refractivity contribution in [2.75, 3.05) is 18.0 Å². The molecule has 1 fully saturated rings. The third-order valence-corrected chi connectivity index (χ3v) is 5.50. The van der Waals surface area contributed by atoms with Gasteiger partial charge in [-0.3, -0.25) is 0 Å². The Morgan fingerprint density at radius 1 is 1.30 bits per heavy atom. The normalized spacial score (nSPS) is 19.3. The Kier molecular flexibility index (Phi) is 4.34. The van der Waals surface area contributed by atoms with Crippen molar-refractivity contribution in [2.24, 2.45) is 0 Å². The largest absolute Gasteiger partial charge is 0.370 e. The fourth-order valence-electron chi connectivity index (χ4n) is 2.97. The van der Waals surface area contributed by atoms with Gasteiger partial charge in [-0.2, -0.15) is 8.78 Å². The number of hydrogen-bond acceptors (Lipinski definition) is 4. The van der Waals surface area contributed by atoms with Crippen LogP contribution in [-0.4, -0.2) is 37.2 Å². The molecule has 3 rings (SSSR count). The maximum absolute atomic E-state index is 12.9. The van der Waals surface area contributed by atoms with E-state index in [2.05, 4.69) is 9.97 Å². The SMILES string of the molecule is O=S(=O)(c1ccccc1N1CCCC(c2ncc[nH]2)C1)C(F)F. The van der Waals surface area contributed by atoms with Crippen molar-refractivity contribution in [3.05, 3.63) is 42.5 Å². The number of H-pyrrole nitrogens is 1. The van der Waals surface area contributed by atoms with Gasteiger partial charge in [-0.15, -0.1) is 0 Å². The van der Waals surface area contributed by atoms with Gasteiger partial charge in [0.25, 0.3) is 0 Å². The molecule has 5 nitrogen and oxygen atoms in total. The van der Waals surface area contributed by atoms with E-state index in [4.69, 9.17) is 0 Å². The minimum absolute atomic E-state index is 0.126. The number of benzene rings is 1. The molecule has 0 spiro atoms. The van der Waals surface area contributed by atoms with E-state index in [-0.39, 0.29) is 10.8 Å². The second-order valence-electron chi connectivity index (χ2n) is 5.53. The van der Waals surface area contributed by atoms with E-state index in [9.17, 15) is 17.2 Å². The second-order valence-corrected chi connectivity index (χ2v) is 7.42. The van der Waals surface area contributed by atoms with E-state index in [1.54, 1.807) is 24.5 Å². The zero-order valence-electron chi connectivity index (χ0n) is 12.3. The van der Waals surface area contributed by atoms with Gasteiger partial charge in [-0.25, -0.2) is 13.4 Å². The molecular weight excluding hydrogens is 324 g/mol. The summed E-state index contributed by atoms with van der Waals surface area (Å²) in [6, 6.07) is 5.95. The third-order valence-electron chi connectivity index (χ3n) is 4.07. The van der Waals surface area contributed by atoms with Crippen LogP contribution < -0.4 is 4.90 Å². The maximum Gasteiger partial charge on any atom is 0.341 e. The van der Waals surface area contributed by atoms with E-state index < -0.39 is 15.6 Å². The zero-order valence-corrected chi connectivity index (χ0v) is 13.1. The molecular formula is C15H17F2N3O2S. The molecule has 1 aliphatic rings. The van der Waals surface area contributed by atoms with Crippen molar-refractivity contribution in [1.82, 2.24) is 9.97 Å². The van der Waals surface area contributed by atoms with Crippen molar-refractivity contribution in [3.63, 3.8) is 0 Å². The van der Waals surface area contributed by atoms with Crippen LogP contribution in [0.15, 0.2) is 41.6 Å². The minimum atomic E-state index is -4.63. The molecule has 1 unspecified atom stereocenters. The summed E-state index contributed by atoms with van der Waals surface area (Å²) in [7, 11) is -4.63. The Morgan fingerprint density at radius 2 is 2.09 bits per heavy atom. The molecule has 8 heteroatoms. The standard InChI is InChI=1S/C15H17F2N3O2S/c16-15(17)23(21,22)13-6-2-1-5-12(13)20-9-3-4-11(10-20)14-18-7-8-19-14/h1-2,5-8,11,15H,3-4,9-10H2,(H,18,19). The van der Waals surface area contributed by atoms with Crippen LogP contribution in [0.3, 0.4) is 0 Å². The number of anilines is 1. The number of nitrogens with zero attached hydrogens (tertiary/aromatic N) is 2. The van der Waals surface area contributed by atoms with Crippen LogP contribution in [0, 0.1) is 0 Å². The first-order chi connectivity index (χ1) is 11.0. The molecule has 1 saturated heterocycles. The molecule has 1 aliphatic heterocycles. The number of sulfone groups is 1. The third kappa shape index (κ3) is 3.08. The smallest absolute Gasteiger partial charge is 0.341 e. The fourth-order valence-corrected chi connectivity index (χ4v) is 3.92. The lowest BCUT2D eigenvalue weighted by Gasteiger charge is -2.34. The molecule has 1 aromatic carbocycles. The van der Waals surface area contributed by atoms with Gasteiger partial charge in [0.15, 0.2) is 0 Å². The Bertz CT molecular complexity index is 763. The van der Waals surface area contributed by atoms with Crippen molar-refractivity contribution >= 4 is 15.5 Å². The maximum atomic E-state index is 12.9. The van der Waals surface area contributed by atoms with Gasteiger partial charge in [0, 0.05) is 31.4 Å². The Hall–Kier alpha value is -1.96. The van der Waals surface area contributed by atoms with Crippen LogP contribution in [0.1, 0.15) is 24.6 Å². The predicted octanol–water partition coefficient (Wildman–Crippen LogP) is 2.79. The first-order valence-electron chi connectivity index (χ1n) is 7.35. The van der Waals surface area contributed by atoms with Crippen LogP contribution >= 0.6 is 0 Å². The Labute approximate surface area is 133 Å². The van der Waals surface area contributed by atoms with Crippen LogP contribution in [0.2, 0.25) is 0 Å². The highest BCUT2D eigenvalue weighted by molar-refractivity contribution is 7.91. The van der Waals surface area contributed by atoms with E-state index in [0.717, 1.165) is 18.7 Å². The number of para-hydroxylation sites is 1. The molecule has 1 N–H and O–H groups in total. The average Bonchev–Trinajstić information content (AvgIpc) is 3.09.